The van der Waals surface area contributed by atoms with Crippen molar-refractivity contribution in [3.05, 3.63) is 52.5 Å². The molecule has 3 aliphatic heterocycles. The Morgan fingerprint density at radius 3 is 2.65 bits per heavy atom. The summed E-state index contributed by atoms with van der Waals surface area (Å²) in [7, 11) is 1.79. The van der Waals surface area contributed by atoms with E-state index in [0.29, 0.717) is 36.7 Å². The van der Waals surface area contributed by atoms with Gasteiger partial charge in [-0.15, -0.1) is 0 Å². The Morgan fingerprint density at radius 1 is 1.28 bits per heavy atom. The smallest absolute Gasteiger partial charge is 0.417 e. The van der Waals surface area contributed by atoms with Gasteiger partial charge in [-0.25, -0.2) is 8.78 Å². The van der Waals surface area contributed by atoms with Crippen molar-refractivity contribution in [3.8, 4) is 6.01 Å². The average Bonchev–Trinajstić information content (AvgIpc) is 3.28. The van der Waals surface area contributed by atoms with Crippen molar-refractivity contribution in [1.82, 2.24) is 19.8 Å². The van der Waals surface area contributed by atoms with Gasteiger partial charge in [0.15, 0.2) is 5.82 Å². The number of likely N-dealkylation sites (tertiary alicyclic amines) is 1. The van der Waals surface area contributed by atoms with Gasteiger partial charge in [0.2, 0.25) is 5.91 Å². The van der Waals surface area contributed by atoms with E-state index in [2.05, 4.69) is 16.5 Å². The van der Waals surface area contributed by atoms with Crippen LogP contribution in [0.4, 0.5) is 33.5 Å². The first-order chi connectivity index (χ1) is 20.3. The lowest BCUT2D eigenvalue weighted by molar-refractivity contribution is -0.140. The first kappa shape index (κ1) is 30.9. The van der Waals surface area contributed by atoms with Gasteiger partial charge in [0, 0.05) is 55.8 Å². The molecule has 0 bridgehead atoms. The van der Waals surface area contributed by atoms with Gasteiger partial charge < -0.3 is 25.0 Å². The van der Waals surface area contributed by atoms with Gasteiger partial charge in [-0.1, -0.05) is 6.58 Å². The molecule has 43 heavy (non-hydrogen) atoms. The van der Waals surface area contributed by atoms with Crippen molar-refractivity contribution in [1.29, 1.82) is 0 Å². The van der Waals surface area contributed by atoms with Gasteiger partial charge in [0.05, 0.1) is 29.7 Å². The zero-order chi connectivity index (χ0) is 31.2. The maximum absolute atomic E-state index is 15.3. The molecule has 5 rings (SSSR count). The van der Waals surface area contributed by atoms with E-state index in [1.165, 1.54) is 13.0 Å². The topological polar surface area (TPSA) is 97.0 Å². The number of amides is 1. The summed E-state index contributed by atoms with van der Waals surface area (Å²) in [6.07, 6.45) is -5.80. The second-order valence-corrected chi connectivity index (χ2v) is 11.4. The molecule has 0 aliphatic carbocycles. The lowest BCUT2D eigenvalue weighted by atomic mass is 9.91. The van der Waals surface area contributed by atoms with Crippen LogP contribution in [0.25, 0.3) is 0 Å². The fourth-order valence-electron chi connectivity index (χ4n) is 6.22. The minimum Gasteiger partial charge on any atom is -0.462 e. The summed E-state index contributed by atoms with van der Waals surface area (Å²) in [6.45, 7) is 8.07. The number of nitrogens with zero attached hydrogens (tertiary/aromatic N) is 5. The minimum absolute atomic E-state index is 0.0258. The Morgan fingerprint density at radius 2 is 2.02 bits per heavy atom. The molecular formula is C29H35F5N6O3. The molecule has 0 radical (unpaired) electrons. The lowest BCUT2D eigenvalue weighted by Crippen LogP contribution is -2.54. The van der Waals surface area contributed by atoms with E-state index < -0.39 is 41.1 Å². The first-order valence-electron chi connectivity index (χ1n) is 14.1. The molecule has 1 amide bonds. The highest BCUT2D eigenvalue weighted by Gasteiger charge is 2.42. The van der Waals surface area contributed by atoms with Crippen molar-refractivity contribution in [3.63, 3.8) is 0 Å². The van der Waals surface area contributed by atoms with Crippen molar-refractivity contribution in [2.24, 2.45) is 0 Å². The van der Waals surface area contributed by atoms with E-state index in [1.54, 1.807) is 11.9 Å². The van der Waals surface area contributed by atoms with E-state index >= 15 is 4.39 Å². The molecule has 9 nitrogen and oxygen atoms in total. The number of likely N-dealkylation sites (N-methyl/N-ethyl adjacent to an activating group) is 1. The molecule has 1 aromatic heterocycles. The number of halogens is 5. The number of aromatic nitrogens is 2. The molecule has 2 N–H and O–H groups in total. The quantitative estimate of drug-likeness (QED) is 0.298. The highest BCUT2D eigenvalue weighted by Crippen LogP contribution is 2.44. The van der Waals surface area contributed by atoms with E-state index in [1.807, 2.05) is 16.7 Å². The van der Waals surface area contributed by atoms with Crippen LogP contribution >= 0.6 is 0 Å². The van der Waals surface area contributed by atoms with Crippen molar-refractivity contribution >= 4 is 17.4 Å². The molecule has 2 fully saturated rings. The van der Waals surface area contributed by atoms with Gasteiger partial charge >= 0.3 is 12.2 Å². The monoisotopic (exact) mass is 610 g/mol. The summed E-state index contributed by atoms with van der Waals surface area (Å²) >= 11 is 0. The summed E-state index contributed by atoms with van der Waals surface area (Å²) in [5.74, 6) is -0.919. The molecule has 4 heterocycles. The van der Waals surface area contributed by atoms with Crippen LogP contribution in [-0.2, 0) is 28.7 Å². The predicted octanol–water partition coefficient (Wildman–Crippen LogP) is 3.98. The Hall–Kier alpha value is -3.52. The molecule has 4 atom stereocenters. The Labute approximate surface area is 246 Å². The van der Waals surface area contributed by atoms with Gasteiger partial charge in [-0.3, -0.25) is 9.69 Å². The second-order valence-electron chi connectivity index (χ2n) is 11.4. The number of nitrogen functional groups attached to an aromatic ring is 1. The summed E-state index contributed by atoms with van der Waals surface area (Å²) in [6, 6.07) is 0.536. The standard InChI is InChI=1S/C29H35F5N6O3/c1-5-23(41)39-6-7-40(16(3)11-39)27-19-14-42-22(24-25(29(32,33)34)15(2)8-20(35)26(24)31)10-21(19)36-28(37-27)43-13-18-9-17(30)12-38(18)4/h5,8,16-18,22H,1,6-7,9-14,35H2,2-4H3/t16-,17?,18-,22?/m0/s1. The number of nitrogens with two attached hydrogens (primary N) is 1. The summed E-state index contributed by atoms with van der Waals surface area (Å²) in [5.41, 5.74) is 4.22. The van der Waals surface area contributed by atoms with Gasteiger partial charge in [0.25, 0.3) is 0 Å². The fourth-order valence-corrected chi connectivity index (χ4v) is 6.22. The van der Waals surface area contributed by atoms with Gasteiger partial charge in [0.1, 0.15) is 18.6 Å². The minimum atomic E-state index is -4.84. The number of carbonyl (C=O) groups is 1. The molecule has 234 valence electrons. The highest BCUT2D eigenvalue weighted by molar-refractivity contribution is 5.87. The molecular weight excluding hydrogens is 575 g/mol. The third-order valence-corrected chi connectivity index (χ3v) is 8.42. The Kier molecular flexibility index (Phi) is 8.54. The zero-order valence-corrected chi connectivity index (χ0v) is 24.3. The lowest BCUT2D eigenvalue weighted by Gasteiger charge is -2.41. The Balaban J connectivity index is 1.52. The number of carbonyl (C=O) groups excluding carboxylic acids is 1. The number of benzene rings is 1. The molecule has 3 aliphatic rings. The van der Waals surface area contributed by atoms with E-state index in [0.717, 1.165) is 6.07 Å². The number of ether oxygens (including phenoxy) is 2. The third kappa shape index (κ3) is 6.12. The number of alkyl halides is 4. The maximum Gasteiger partial charge on any atom is 0.417 e. The van der Waals surface area contributed by atoms with E-state index in [9.17, 15) is 22.4 Å². The van der Waals surface area contributed by atoms with Crippen LogP contribution in [0.2, 0.25) is 0 Å². The number of anilines is 2. The SMILES string of the molecule is C=CC(=O)N1CCN(c2nc(OC[C@@H]3CC(F)CN3C)nc3c2COC(c2c(F)c(N)cc(C)c2C(F)(F)F)C3)[C@@H](C)C1. The van der Waals surface area contributed by atoms with Crippen molar-refractivity contribution in [2.45, 2.75) is 63.8 Å². The summed E-state index contributed by atoms with van der Waals surface area (Å²) in [5, 5.41) is 0. The molecule has 0 spiro atoms. The maximum atomic E-state index is 15.3. The number of fused-ring (bicyclic) bond motifs is 1. The second kappa shape index (κ2) is 11.9. The van der Waals surface area contributed by atoms with E-state index in [4.69, 9.17) is 15.2 Å². The van der Waals surface area contributed by atoms with Crippen LogP contribution in [0.1, 0.15) is 47.4 Å². The Bertz CT molecular complexity index is 1410. The molecule has 2 saturated heterocycles. The largest absolute Gasteiger partial charge is 0.462 e. The number of hydrogen-bond donors (Lipinski definition) is 1. The van der Waals surface area contributed by atoms with Crippen LogP contribution in [0.15, 0.2) is 18.7 Å². The average molecular weight is 611 g/mol. The van der Waals surface area contributed by atoms with Crippen LogP contribution in [0.5, 0.6) is 6.01 Å². The third-order valence-electron chi connectivity index (χ3n) is 8.42. The predicted molar refractivity (Wildman–Crippen MR) is 149 cm³/mol. The van der Waals surface area contributed by atoms with Crippen LogP contribution in [0, 0.1) is 12.7 Å². The number of piperazine rings is 1. The zero-order valence-electron chi connectivity index (χ0n) is 24.3. The van der Waals surface area contributed by atoms with Crippen molar-refractivity contribution in [2.75, 3.05) is 50.5 Å². The van der Waals surface area contributed by atoms with Gasteiger partial charge in [-0.05, 0) is 45.0 Å². The van der Waals surface area contributed by atoms with Gasteiger partial charge in [-0.2, -0.15) is 23.1 Å². The summed E-state index contributed by atoms with van der Waals surface area (Å²) < 4.78 is 83.5. The van der Waals surface area contributed by atoms with E-state index in [-0.39, 0.29) is 62.2 Å². The molecule has 14 heteroatoms. The summed E-state index contributed by atoms with van der Waals surface area (Å²) in [4.78, 5) is 26.9. The highest BCUT2D eigenvalue weighted by atomic mass is 19.4. The molecule has 2 aromatic rings. The number of rotatable bonds is 6. The van der Waals surface area contributed by atoms with Crippen molar-refractivity contribution < 1.29 is 36.2 Å². The first-order valence-corrected chi connectivity index (χ1v) is 14.1. The fraction of sp³-hybridized carbons (Fsp3) is 0.552. The van der Waals surface area contributed by atoms with Crippen LogP contribution < -0.4 is 15.4 Å². The molecule has 2 unspecified atom stereocenters. The number of aryl methyl sites for hydroxylation is 1. The van der Waals surface area contributed by atoms with Crippen LogP contribution in [-0.4, -0.2) is 83.8 Å². The number of hydrogen-bond acceptors (Lipinski definition) is 8. The molecule has 0 saturated carbocycles. The molecule has 1 aromatic carbocycles. The van der Waals surface area contributed by atoms with Crippen LogP contribution in [0.3, 0.4) is 0 Å². The normalized spacial score (nSPS) is 24.7.